The van der Waals surface area contributed by atoms with Crippen molar-refractivity contribution in [2.45, 2.75) is 57.0 Å². The molecule has 8 nitrogen and oxygen atoms in total. The first-order valence-electron chi connectivity index (χ1n) is 9.20. The van der Waals surface area contributed by atoms with E-state index in [9.17, 15) is 10.1 Å². The number of anilines is 1. The van der Waals surface area contributed by atoms with Crippen molar-refractivity contribution in [3.63, 3.8) is 0 Å². The van der Waals surface area contributed by atoms with E-state index in [1.54, 1.807) is 6.07 Å². The zero-order valence-corrected chi connectivity index (χ0v) is 14.3. The summed E-state index contributed by atoms with van der Waals surface area (Å²) < 4.78 is 1.29. The maximum Gasteiger partial charge on any atom is 0.368 e. The molecule has 1 aliphatic carbocycles. The minimum Gasteiger partial charge on any atom is -0.364 e. The van der Waals surface area contributed by atoms with Gasteiger partial charge in [0.2, 0.25) is 5.65 Å². The van der Waals surface area contributed by atoms with E-state index in [4.69, 9.17) is 0 Å². The van der Waals surface area contributed by atoms with E-state index in [0.29, 0.717) is 17.5 Å². The third-order valence-corrected chi connectivity index (χ3v) is 5.49. The van der Waals surface area contributed by atoms with Crippen molar-refractivity contribution in [3.8, 4) is 0 Å². The SMILES string of the molecule is O=[N+]([O-])c1cnc2ccc(NC3CCC(N4CCCCC4)CC3)nn12. The number of nitrogens with zero attached hydrogens (tertiary/aromatic N) is 5. The van der Waals surface area contributed by atoms with Crippen molar-refractivity contribution >= 4 is 17.3 Å². The second-order valence-corrected chi connectivity index (χ2v) is 7.11. The van der Waals surface area contributed by atoms with Crippen LogP contribution < -0.4 is 5.32 Å². The van der Waals surface area contributed by atoms with Crippen LogP contribution in [0.1, 0.15) is 44.9 Å². The van der Waals surface area contributed by atoms with Crippen molar-refractivity contribution in [1.82, 2.24) is 19.5 Å². The summed E-state index contributed by atoms with van der Waals surface area (Å²) in [6, 6.07) is 4.72. The molecule has 2 aromatic heterocycles. The first-order chi connectivity index (χ1) is 12.2. The molecule has 0 spiro atoms. The molecule has 3 heterocycles. The number of fused-ring (bicyclic) bond motifs is 1. The highest BCUT2D eigenvalue weighted by atomic mass is 16.6. The Bertz CT molecular complexity index is 747. The minimum atomic E-state index is -0.458. The Kier molecular flexibility index (Phi) is 4.52. The predicted octanol–water partition coefficient (Wildman–Crippen LogP) is 2.85. The number of aromatic nitrogens is 3. The predicted molar refractivity (Wildman–Crippen MR) is 94.7 cm³/mol. The van der Waals surface area contributed by atoms with E-state index < -0.39 is 4.92 Å². The van der Waals surface area contributed by atoms with Gasteiger partial charge in [0.05, 0.1) is 0 Å². The number of likely N-dealkylation sites (tertiary alicyclic amines) is 1. The molecule has 1 aliphatic heterocycles. The second kappa shape index (κ2) is 6.95. The molecule has 2 aliphatic rings. The lowest BCUT2D eigenvalue weighted by Crippen LogP contribution is -2.43. The summed E-state index contributed by atoms with van der Waals surface area (Å²) in [6.07, 6.45) is 9.96. The maximum atomic E-state index is 11.0. The van der Waals surface area contributed by atoms with Crippen LogP contribution in [-0.2, 0) is 0 Å². The van der Waals surface area contributed by atoms with Crippen LogP contribution in [0.5, 0.6) is 0 Å². The number of hydrogen-bond donors (Lipinski definition) is 1. The highest BCUT2D eigenvalue weighted by molar-refractivity contribution is 5.48. The van der Waals surface area contributed by atoms with Crippen molar-refractivity contribution < 1.29 is 4.92 Å². The third-order valence-electron chi connectivity index (χ3n) is 5.49. The number of nitro groups is 1. The highest BCUT2D eigenvalue weighted by Crippen LogP contribution is 2.27. The van der Waals surface area contributed by atoms with E-state index in [1.165, 1.54) is 55.9 Å². The molecule has 0 amide bonds. The summed E-state index contributed by atoms with van der Waals surface area (Å²) in [7, 11) is 0. The van der Waals surface area contributed by atoms with E-state index in [1.807, 2.05) is 6.07 Å². The fraction of sp³-hybridized carbons (Fsp3) is 0.647. The molecule has 8 heteroatoms. The van der Waals surface area contributed by atoms with Crippen LogP contribution in [0, 0.1) is 10.1 Å². The van der Waals surface area contributed by atoms with Crippen molar-refractivity contribution in [2.24, 2.45) is 0 Å². The van der Waals surface area contributed by atoms with Gasteiger partial charge in [-0.2, -0.15) is 0 Å². The van der Waals surface area contributed by atoms with Gasteiger partial charge in [0.1, 0.15) is 6.20 Å². The number of imidazole rings is 1. The number of hydrogen-bond acceptors (Lipinski definition) is 6. The molecule has 2 fully saturated rings. The zero-order chi connectivity index (χ0) is 17.2. The van der Waals surface area contributed by atoms with Gasteiger partial charge in [0, 0.05) is 18.2 Å². The third kappa shape index (κ3) is 3.44. The van der Waals surface area contributed by atoms with Gasteiger partial charge < -0.3 is 20.3 Å². The van der Waals surface area contributed by atoms with Gasteiger partial charge in [-0.15, -0.1) is 0 Å². The molecule has 25 heavy (non-hydrogen) atoms. The second-order valence-electron chi connectivity index (χ2n) is 7.11. The smallest absolute Gasteiger partial charge is 0.364 e. The lowest BCUT2D eigenvalue weighted by Gasteiger charge is -2.39. The summed E-state index contributed by atoms with van der Waals surface area (Å²) in [5, 5.41) is 18.8. The monoisotopic (exact) mass is 344 g/mol. The van der Waals surface area contributed by atoms with Crippen LogP contribution >= 0.6 is 0 Å². The molecule has 4 rings (SSSR count). The van der Waals surface area contributed by atoms with Crippen LogP contribution in [0.25, 0.3) is 5.65 Å². The molecule has 1 N–H and O–H groups in total. The molecule has 0 radical (unpaired) electrons. The summed E-state index contributed by atoms with van der Waals surface area (Å²) in [4.78, 5) is 17.3. The molecule has 1 saturated carbocycles. The Labute approximate surface area is 146 Å². The Morgan fingerprint density at radius 1 is 1.12 bits per heavy atom. The molecule has 0 unspecified atom stereocenters. The lowest BCUT2D eigenvalue weighted by molar-refractivity contribution is -0.391. The lowest BCUT2D eigenvalue weighted by atomic mass is 9.89. The van der Waals surface area contributed by atoms with Crippen LogP contribution in [0.2, 0.25) is 0 Å². The zero-order valence-electron chi connectivity index (χ0n) is 14.3. The molecule has 2 aromatic rings. The van der Waals surface area contributed by atoms with E-state index in [2.05, 4.69) is 20.3 Å². The topological polar surface area (TPSA) is 88.6 Å². The Morgan fingerprint density at radius 3 is 2.60 bits per heavy atom. The highest BCUT2D eigenvalue weighted by Gasteiger charge is 2.27. The van der Waals surface area contributed by atoms with Crippen molar-refractivity contribution in [2.75, 3.05) is 18.4 Å². The first kappa shape index (κ1) is 16.3. The fourth-order valence-electron chi connectivity index (χ4n) is 4.14. The van der Waals surface area contributed by atoms with Crippen LogP contribution in [0.3, 0.4) is 0 Å². The average molecular weight is 344 g/mol. The molecule has 0 aromatic carbocycles. The molecule has 0 atom stereocenters. The normalized spacial score (nSPS) is 25.1. The van der Waals surface area contributed by atoms with Crippen LogP contribution in [0.4, 0.5) is 11.6 Å². The molecule has 134 valence electrons. The Balaban J connectivity index is 1.39. The van der Waals surface area contributed by atoms with Crippen molar-refractivity contribution in [3.05, 3.63) is 28.4 Å². The molecular formula is C17H24N6O2. The maximum absolute atomic E-state index is 11.0. The largest absolute Gasteiger partial charge is 0.368 e. The number of piperidine rings is 1. The van der Waals surface area contributed by atoms with Gasteiger partial charge in [-0.3, -0.25) is 0 Å². The van der Waals surface area contributed by atoms with Gasteiger partial charge in [0.25, 0.3) is 0 Å². The van der Waals surface area contributed by atoms with Gasteiger partial charge in [0.15, 0.2) is 5.82 Å². The minimum absolute atomic E-state index is 0.104. The Morgan fingerprint density at radius 2 is 1.88 bits per heavy atom. The summed E-state index contributed by atoms with van der Waals surface area (Å²) in [6.45, 7) is 2.51. The average Bonchev–Trinajstić information content (AvgIpc) is 3.07. The summed E-state index contributed by atoms with van der Waals surface area (Å²) in [5.74, 6) is 0.572. The molecular weight excluding hydrogens is 320 g/mol. The number of rotatable bonds is 4. The Hall–Kier alpha value is -2.22. The summed E-state index contributed by atoms with van der Waals surface area (Å²) >= 11 is 0. The van der Waals surface area contributed by atoms with Crippen LogP contribution in [0.15, 0.2) is 18.3 Å². The van der Waals surface area contributed by atoms with Gasteiger partial charge >= 0.3 is 5.82 Å². The molecule has 0 bridgehead atoms. The summed E-state index contributed by atoms with van der Waals surface area (Å²) in [5.41, 5.74) is 0.492. The standard InChI is InChI=1S/C17H24N6O2/c24-23(25)17-12-18-16-9-8-15(20-22(16)17)19-13-4-6-14(7-5-13)21-10-2-1-3-11-21/h8-9,12-14H,1-7,10-11H2,(H,19,20). The van der Waals surface area contributed by atoms with Crippen molar-refractivity contribution in [1.29, 1.82) is 0 Å². The van der Waals surface area contributed by atoms with E-state index in [0.717, 1.165) is 18.9 Å². The quantitative estimate of drug-likeness (QED) is 0.678. The number of nitrogens with one attached hydrogen (secondary N) is 1. The van der Waals surface area contributed by atoms with E-state index in [-0.39, 0.29) is 5.82 Å². The van der Waals surface area contributed by atoms with Gasteiger partial charge in [-0.25, -0.2) is 4.98 Å². The van der Waals surface area contributed by atoms with Crippen LogP contribution in [-0.4, -0.2) is 49.6 Å². The molecule has 1 saturated heterocycles. The first-order valence-corrected chi connectivity index (χ1v) is 9.20. The fourth-order valence-corrected chi connectivity index (χ4v) is 4.14. The van der Waals surface area contributed by atoms with E-state index >= 15 is 0 Å². The van der Waals surface area contributed by atoms with Gasteiger partial charge in [-0.1, -0.05) is 16.0 Å². The van der Waals surface area contributed by atoms with Gasteiger partial charge in [-0.05, 0) is 62.6 Å².